The summed E-state index contributed by atoms with van der Waals surface area (Å²) in [4.78, 5) is 8.05. The number of hydrogen-bond acceptors (Lipinski definition) is 4. The minimum atomic E-state index is -2.38. The highest BCUT2D eigenvalue weighted by molar-refractivity contribution is 7.18. The Morgan fingerprint density at radius 1 is 1.47 bits per heavy atom. The van der Waals surface area contributed by atoms with Gasteiger partial charge in [0, 0.05) is 0 Å². The Bertz CT molecular complexity index is 469. The number of alkyl halides is 2. The van der Waals surface area contributed by atoms with Crippen molar-refractivity contribution in [1.82, 2.24) is 9.97 Å². The van der Waals surface area contributed by atoms with Crippen molar-refractivity contribution >= 4 is 27.4 Å². The predicted molar refractivity (Wildman–Crippen MR) is 56.6 cm³/mol. The maximum atomic E-state index is 12.0. The lowest BCUT2D eigenvalue weighted by Crippen LogP contribution is -2.11. The number of nitrogens with one attached hydrogen (secondary N) is 1. The lowest BCUT2D eigenvalue weighted by atomic mass is 10.3. The summed E-state index contributed by atoms with van der Waals surface area (Å²) in [7, 11) is 0. The van der Waals surface area contributed by atoms with Gasteiger partial charge >= 0.3 is 0 Å². The Kier molecular flexibility index (Phi) is 2.77. The highest BCUT2D eigenvalue weighted by Gasteiger charge is 2.09. The second kappa shape index (κ2) is 4.06. The predicted octanol–water partition coefficient (Wildman–Crippen LogP) is 2.68. The van der Waals surface area contributed by atoms with E-state index in [9.17, 15) is 8.78 Å². The number of thiophene rings is 1. The van der Waals surface area contributed by atoms with Crippen LogP contribution in [0.5, 0.6) is 0 Å². The summed E-state index contributed by atoms with van der Waals surface area (Å²) in [5.41, 5.74) is 1.87. The molecule has 80 valence electrons. The van der Waals surface area contributed by atoms with Crippen molar-refractivity contribution in [2.45, 2.75) is 13.3 Å². The third kappa shape index (κ3) is 2.04. The van der Waals surface area contributed by atoms with Crippen LogP contribution in [0.4, 0.5) is 14.6 Å². The molecule has 0 aliphatic heterocycles. The van der Waals surface area contributed by atoms with Crippen LogP contribution in [-0.4, -0.2) is 22.9 Å². The highest BCUT2D eigenvalue weighted by Crippen LogP contribution is 2.28. The second-order valence-electron chi connectivity index (χ2n) is 3.09. The zero-order valence-corrected chi connectivity index (χ0v) is 8.81. The average molecular weight is 229 g/mol. The molecule has 0 aromatic carbocycles. The molecule has 0 aliphatic rings. The van der Waals surface area contributed by atoms with E-state index in [1.165, 1.54) is 17.7 Å². The number of anilines is 1. The summed E-state index contributed by atoms with van der Waals surface area (Å²) in [6, 6.07) is 0. The Hall–Kier alpha value is -1.30. The molecule has 2 rings (SSSR count). The molecule has 0 unspecified atom stereocenters. The van der Waals surface area contributed by atoms with Crippen molar-refractivity contribution in [3.05, 3.63) is 17.3 Å². The number of rotatable bonds is 3. The molecular weight excluding hydrogens is 220 g/mol. The molecule has 0 aliphatic carbocycles. The van der Waals surface area contributed by atoms with Crippen molar-refractivity contribution in [3.63, 3.8) is 0 Å². The lowest BCUT2D eigenvalue weighted by molar-refractivity contribution is 0.163. The molecular formula is C9H9F2N3S. The fourth-order valence-corrected chi connectivity index (χ4v) is 2.24. The van der Waals surface area contributed by atoms with E-state index in [0.717, 1.165) is 15.8 Å². The molecule has 0 spiro atoms. The van der Waals surface area contributed by atoms with Crippen LogP contribution in [0.25, 0.3) is 10.2 Å². The molecule has 15 heavy (non-hydrogen) atoms. The normalized spacial score (nSPS) is 11.2. The van der Waals surface area contributed by atoms with Gasteiger partial charge in [0.25, 0.3) is 6.43 Å². The van der Waals surface area contributed by atoms with E-state index < -0.39 is 6.43 Å². The summed E-state index contributed by atoms with van der Waals surface area (Å²) in [6.07, 6.45) is -0.994. The van der Waals surface area contributed by atoms with Gasteiger partial charge in [-0.15, -0.1) is 11.3 Å². The SMILES string of the molecule is Cc1csc2c(NCC(F)F)ncnc12. The summed E-state index contributed by atoms with van der Waals surface area (Å²) < 4.78 is 24.9. The number of nitrogens with zero attached hydrogens (tertiary/aromatic N) is 2. The van der Waals surface area contributed by atoms with Gasteiger partial charge in [0.1, 0.15) is 12.1 Å². The van der Waals surface area contributed by atoms with E-state index in [4.69, 9.17) is 0 Å². The molecule has 2 aromatic heterocycles. The minimum absolute atomic E-state index is 0.386. The molecule has 2 heterocycles. The van der Waals surface area contributed by atoms with Crippen LogP contribution in [0.2, 0.25) is 0 Å². The van der Waals surface area contributed by atoms with Gasteiger partial charge in [0.2, 0.25) is 0 Å². The first-order valence-corrected chi connectivity index (χ1v) is 5.27. The third-order valence-electron chi connectivity index (χ3n) is 1.95. The first-order chi connectivity index (χ1) is 7.18. The summed E-state index contributed by atoms with van der Waals surface area (Å²) >= 11 is 1.46. The van der Waals surface area contributed by atoms with Crippen molar-refractivity contribution < 1.29 is 8.78 Å². The zero-order chi connectivity index (χ0) is 10.8. The van der Waals surface area contributed by atoms with Crippen LogP contribution in [0.15, 0.2) is 11.7 Å². The van der Waals surface area contributed by atoms with Crippen LogP contribution < -0.4 is 5.32 Å². The summed E-state index contributed by atoms with van der Waals surface area (Å²) in [6.45, 7) is 1.55. The standard InChI is InChI=1S/C9H9F2N3S/c1-5-3-15-8-7(5)13-4-14-9(8)12-2-6(10)11/h3-4,6H,2H2,1H3,(H,12,13,14). The molecule has 3 nitrogen and oxygen atoms in total. The smallest absolute Gasteiger partial charge is 0.255 e. The Balaban J connectivity index is 2.34. The van der Waals surface area contributed by atoms with Crippen molar-refractivity contribution in [2.75, 3.05) is 11.9 Å². The summed E-state index contributed by atoms with van der Waals surface area (Å²) in [5.74, 6) is 0.485. The fraction of sp³-hybridized carbons (Fsp3) is 0.333. The first-order valence-electron chi connectivity index (χ1n) is 4.39. The number of hydrogen-bond donors (Lipinski definition) is 1. The van der Waals surface area contributed by atoms with E-state index in [2.05, 4.69) is 15.3 Å². The minimum Gasteiger partial charge on any atom is -0.363 e. The molecule has 0 bridgehead atoms. The van der Waals surface area contributed by atoms with Crippen molar-refractivity contribution in [3.8, 4) is 0 Å². The number of aromatic nitrogens is 2. The highest BCUT2D eigenvalue weighted by atomic mass is 32.1. The van der Waals surface area contributed by atoms with Gasteiger partial charge in [-0.3, -0.25) is 0 Å². The molecule has 1 N–H and O–H groups in total. The second-order valence-corrected chi connectivity index (χ2v) is 3.97. The quantitative estimate of drug-likeness (QED) is 0.879. The molecule has 6 heteroatoms. The van der Waals surface area contributed by atoms with E-state index in [-0.39, 0.29) is 6.54 Å². The summed E-state index contributed by atoms with van der Waals surface area (Å²) in [5, 5.41) is 4.55. The van der Waals surface area contributed by atoms with Crippen molar-refractivity contribution in [2.24, 2.45) is 0 Å². The molecule has 0 fully saturated rings. The van der Waals surface area contributed by atoms with Gasteiger partial charge in [-0.25, -0.2) is 18.7 Å². The fourth-order valence-electron chi connectivity index (χ4n) is 1.27. The monoisotopic (exact) mass is 229 g/mol. The Morgan fingerprint density at radius 3 is 3.00 bits per heavy atom. The Labute approximate surface area is 89.2 Å². The van der Waals surface area contributed by atoms with Gasteiger partial charge in [-0.2, -0.15) is 0 Å². The van der Waals surface area contributed by atoms with Gasteiger partial charge in [0.05, 0.1) is 16.8 Å². The van der Waals surface area contributed by atoms with Crippen LogP contribution in [0.1, 0.15) is 5.56 Å². The molecule has 2 aromatic rings. The Morgan fingerprint density at radius 2 is 2.27 bits per heavy atom. The lowest BCUT2D eigenvalue weighted by Gasteiger charge is -2.04. The van der Waals surface area contributed by atoms with E-state index in [1.807, 2.05) is 12.3 Å². The molecule has 0 saturated carbocycles. The number of aryl methyl sites for hydroxylation is 1. The topological polar surface area (TPSA) is 37.8 Å². The van der Waals surface area contributed by atoms with Crippen LogP contribution in [-0.2, 0) is 0 Å². The largest absolute Gasteiger partial charge is 0.363 e. The van der Waals surface area contributed by atoms with Gasteiger partial charge in [0.15, 0.2) is 0 Å². The van der Waals surface area contributed by atoms with E-state index >= 15 is 0 Å². The van der Waals surface area contributed by atoms with Crippen LogP contribution >= 0.6 is 11.3 Å². The number of halogens is 2. The maximum Gasteiger partial charge on any atom is 0.255 e. The van der Waals surface area contributed by atoms with Gasteiger partial charge in [-0.05, 0) is 17.9 Å². The average Bonchev–Trinajstić information content (AvgIpc) is 2.58. The van der Waals surface area contributed by atoms with Crippen LogP contribution in [0, 0.1) is 6.92 Å². The van der Waals surface area contributed by atoms with Gasteiger partial charge < -0.3 is 5.32 Å². The molecule has 0 saturated heterocycles. The first kappa shape index (κ1) is 10.2. The zero-order valence-electron chi connectivity index (χ0n) is 8.00. The van der Waals surface area contributed by atoms with Crippen LogP contribution in [0.3, 0.4) is 0 Å². The van der Waals surface area contributed by atoms with Gasteiger partial charge in [-0.1, -0.05) is 0 Å². The van der Waals surface area contributed by atoms with E-state index in [1.54, 1.807) is 0 Å². The van der Waals surface area contributed by atoms with E-state index in [0.29, 0.717) is 5.82 Å². The third-order valence-corrected chi connectivity index (χ3v) is 3.05. The maximum absolute atomic E-state index is 12.0. The van der Waals surface area contributed by atoms with Crippen molar-refractivity contribution in [1.29, 1.82) is 0 Å². The molecule has 0 atom stereocenters. The molecule has 0 radical (unpaired) electrons. The number of fused-ring (bicyclic) bond motifs is 1. The molecule has 0 amide bonds.